The highest BCUT2D eigenvalue weighted by atomic mass is 16.7. The predicted molar refractivity (Wildman–Crippen MR) is 111 cm³/mol. The maximum atomic E-state index is 13.4. The lowest BCUT2D eigenvalue weighted by molar-refractivity contribution is -0.239. The lowest BCUT2D eigenvalue weighted by Crippen LogP contribution is -2.55. The molecule has 0 saturated carbocycles. The molecule has 2 saturated heterocycles. The molecule has 0 radical (unpaired) electrons. The Labute approximate surface area is 181 Å². The van der Waals surface area contributed by atoms with Crippen LogP contribution in [0.1, 0.15) is 74.1 Å². The van der Waals surface area contributed by atoms with Crippen LogP contribution in [0.5, 0.6) is 11.5 Å². The van der Waals surface area contributed by atoms with Crippen LogP contribution in [-0.4, -0.2) is 62.2 Å². The van der Waals surface area contributed by atoms with Gasteiger partial charge in [-0.2, -0.15) is 0 Å². The Balaban J connectivity index is 1.90. The number of hydrogen-bond acceptors (Lipinski definition) is 8. The van der Waals surface area contributed by atoms with Crippen LogP contribution in [0.3, 0.4) is 0 Å². The van der Waals surface area contributed by atoms with Crippen molar-refractivity contribution in [1.82, 2.24) is 0 Å². The first kappa shape index (κ1) is 23.7. The summed E-state index contributed by atoms with van der Waals surface area (Å²) in [5, 5.41) is 41.7. The minimum absolute atomic E-state index is 0.0846. The number of aliphatic hydroxyl groups excluding tert-OH is 2. The van der Waals surface area contributed by atoms with Gasteiger partial charge in [0.25, 0.3) is 0 Å². The number of ketones is 2. The number of rotatable bonds is 8. The van der Waals surface area contributed by atoms with Gasteiger partial charge in [-0.15, -0.1) is 0 Å². The van der Waals surface area contributed by atoms with E-state index in [0.717, 1.165) is 6.07 Å². The maximum Gasteiger partial charge on any atom is 0.189 e. The third kappa shape index (κ3) is 4.09. The molecule has 0 aliphatic carbocycles. The van der Waals surface area contributed by atoms with Gasteiger partial charge in [0.05, 0.1) is 23.9 Å². The Kier molecular flexibility index (Phi) is 6.76. The zero-order chi connectivity index (χ0) is 23.1. The lowest BCUT2D eigenvalue weighted by atomic mass is 9.80. The van der Waals surface area contributed by atoms with Crippen molar-refractivity contribution in [2.45, 2.75) is 83.6 Å². The first-order valence-electron chi connectivity index (χ1n) is 10.9. The molecular formula is C23H32O8. The largest absolute Gasteiger partial charge is 0.504 e. The van der Waals surface area contributed by atoms with Crippen LogP contribution < -0.4 is 0 Å². The molecule has 4 N–H and O–H groups in total. The normalized spacial score (nSPS) is 31.1. The highest BCUT2D eigenvalue weighted by Crippen LogP contribution is 2.50. The molecule has 8 heteroatoms. The molecule has 2 aliphatic rings. The molecule has 0 bridgehead atoms. The first-order valence-corrected chi connectivity index (χ1v) is 10.9. The second kappa shape index (κ2) is 8.86. The van der Waals surface area contributed by atoms with Crippen molar-refractivity contribution in [1.29, 1.82) is 0 Å². The van der Waals surface area contributed by atoms with Crippen molar-refractivity contribution in [2.75, 3.05) is 0 Å². The number of phenolic OH excluding ortho intramolecular Hbond substituents is 2. The standard InChI is InChI=1S/C23H32O8/c1-5-7-13(16-10-17(25)23(22(29)30-16)18(6-2)31-23)20(27)14-8-12(19(26)11(3)4)9-15(24)21(14)28/h8-9,11,13,16-18,22,24-25,28-29H,5-7,10H2,1-4H3/t13?,16-,17-,18+,22-,23-/m1/s1. The number of benzene rings is 1. The number of aromatic hydroxyl groups is 2. The molecule has 0 aromatic heterocycles. The Morgan fingerprint density at radius 2 is 1.84 bits per heavy atom. The van der Waals surface area contributed by atoms with Gasteiger partial charge in [0.2, 0.25) is 0 Å². The molecule has 2 fully saturated rings. The maximum absolute atomic E-state index is 13.4. The van der Waals surface area contributed by atoms with E-state index in [4.69, 9.17) is 9.47 Å². The van der Waals surface area contributed by atoms with E-state index in [2.05, 4.69) is 0 Å². The summed E-state index contributed by atoms with van der Waals surface area (Å²) in [6, 6.07) is 2.43. The molecule has 1 aromatic carbocycles. The molecule has 1 aromatic rings. The number of aliphatic hydroxyl groups is 2. The fourth-order valence-corrected chi connectivity index (χ4v) is 4.56. The highest BCUT2D eigenvalue weighted by molar-refractivity contribution is 6.05. The van der Waals surface area contributed by atoms with Crippen LogP contribution >= 0.6 is 0 Å². The van der Waals surface area contributed by atoms with Crippen LogP contribution in [-0.2, 0) is 9.47 Å². The Morgan fingerprint density at radius 1 is 1.16 bits per heavy atom. The molecule has 1 spiro atoms. The number of carbonyl (C=O) groups is 2. The number of epoxide rings is 1. The van der Waals surface area contributed by atoms with Gasteiger partial charge in [0, 0.05) is 23.8 Å². The van der Waals surface area contributed by atoms with Gasteiger partial charge in [0.15, 0.2) is 35.0 Å². The van der Waals surface area contributed by atoms with E-state index in [1.54, 1.807) is 13.8 Å². The van der Waals surface area contributed by atoms with Crippen LogP contribution in [0.4, 0.5) is 0 Å². The third-order valence-corrected chi connectivity index (χ3v) is 6.38. The summed E-state index contributed by atoms with van der Waals surface area (Å²) in [7, 11) is 0. The van der Waals surface area contributed by atoms with Gasteiger partial charge in [0.1, 0.15) is 0 Å². The van der Waals surface area contributed by atoms with Gasteiger partial charge >= 0.3 is 0 Å². The monoisotopic (exact) mass is 436 g/mol. The van der Waals surface area contributed by atoms with Gasteiger partial charge < -0.3 is 29.9 Å². The molecule has 8 nitrogen and oxygen atoms in total. The van der Waals surface area contributed by atoms with Crippen LogP contribution in [0.2, 0.25) is 0 Å². The second-order valence-electron chi connectivity index (χ2n) is 8.82. The Hall–Kier alpha value is -2.00. The van der Waals surface area contributed by atoms with Crippen molar-refractivity contribution in [2.24, 2.45) is 11.8 Å². The van der Waals surface area contributed by atoms with Crippen LogP contribution in [0.15, 0.2) is 12.1 Å². The fourth-order valence-electron chi connectivity index (χ4n) is 4.56. The fraction of sp³-hybridized carbons (Fsp3) is 0.652. The predicted octanol–water partition coefficient (Wildman–Crippen LogP) is 2.55. The number of carbonyl (C=O) groups excluding carboxylic acids is 2. The molecule has 3 rings (SSSR count). The lowest BCUT2D eigenvalue weighted by Gasteiger charge is -2.39. The molecule has 2 aliphatic heterocycles. The number of hydrogen-bond donors (Lipinski definition) is 4. The van der Waals surface area contributed by atoms with Gasteiger partial charge in [-0.05, 0) is 25.0 Å². The van der Waals surface area contributed by atoms with Crippen molar-refractivity contribution >= 4 is 11.6 Å². The summed E-state index contributed by atoms with van der Waals surface area (Å²) in [6.07, 6.45) is -1.82. The smallest absolute Gasteiger partial charge is 0.189 e. The Morgan fingerprint density at radius 3 is 2.35 bits per heavy atom. The minimum Gasteiger partial charge on any atom is -0.504 e. The van der Waals surface area contributed by atoms with E-state index in [1.165, 1.54) is 6.07 Å². The molecule has 2 heterocycles. The van der Waals surface area contributed by atoms with Gasteiger partial charge in [-0.1, -0.05) is 34.1 Å². The minimum atomic E-state index is -1.38. The van der Waals surface area contributed by atoms with E-state index in [0.29, 0.717) is 19.3 Å². The average molecular weight is 437 g/mol. The third-order valence-electron chi connectivity index (χ3n) is 6.38. The Bertz CT molecular complexity index is 836. The quantitative estimate of drug-likeness (QED) is 0.277. The number of ether oxygens (including phenoxy) is 2. The van der Waals surface area contributed by atoms with Crippen molar-refractivity contribution in [3.8, 4) is 11.5 Å². The van der Waals surface area contributed by atoms with E-state index >= 15 is 0 Å². The SMILES string of the molecule is CCCC(C(=O)c1cc(C(=O)C(C)C)cc(O)c1O)[C@H]1C[C@@H](O)[C@]2(O[C@H]2CC)[C@H](O)O1. The average Bonchev–Trinajstić information content (AvgIpc) is 3.47. The van der Waals surface area contributed by atoms with Crippen molar-refractivity contribution in [3.63, 3.8) is 0 Å². The number of Topliss-reactive ketones (excluding diaryl/α,β-unsaturated/α-hetero) is 2. The molecular weight excluding hydrogens is 404 g/mol. The molecule has 31 heavy (non-hydrogen) atoms. The zero-order valence-electron chi connectivity index (χ0n) is 18.4. The first-order chi connectivity index (χ1) is 14.6. The summed E-state index contributed by atoms with van der Waals surface area (Å²) in [4.78, 5) is 25.8. The molecule has 6 atom stereocenters. The van der Waals surface area contributed by atoms with E-state index < -0.39 is 47.3 Å². The highest BCUT2D eigenvalue weighted by Gasteiger charge is 2.68. The van der Waals surface area contributed by atoms with Crippen LogP contribution in [0.25, 0.3) is 0 Å². The van der Waals surface area contributed by atoms with E-state index in [-0.39, 0.29) is 35.4 Å². The number of phenols is 2. The summed E-state index contributed by atoms with van der Waals surface area (Å²) in [5.74, 6) is -3.08. The summed E-state index contributed by atoms with van der Waals surface area (Å²) >= 11 is 0. The molecule has 0 amide bonds. The van der Waals surface area contributed by atoms with Crippen LogP contribution in [0, 0.1) is 11.8 Å². The van der Waals surface area contributed by atoms with Crippen molar-refractivity contribution in [3.05, 3.63) is 23.3 Å². The second-order valence-corrected chi connectivity index (χ2v) is 8.82. The molecule has 1 unspecified atom stereocenters. The van der Waals surface area contributed by atoms with Gasteiger partial charge in [-0.3, -0.25) is 9.59 Å². The zero-order valence-corrected chi connectivity index (χ0v) is 18.4. The summed E-state index contributed by atoms with van der Waals surface area (Å²) in [5.41, 5.74) is -1.20. The van der Waals surface area contributed by atoms with Gasteiger partial charge in [-0.25, -0.2) is 0 Å². The van der Waals surface area contributed by atoms with Crippen molar-refractivity contribution < 1.29 is 39.5 Å². The summed E-state index contributed by atoms with van der Waals surface area (Å²) in [6.45, 7) is 7.16. The summed E-state index contributed by atoms with van der Waals surface area (Å²) < 4.78 is 11.3. The van der Waals surface area contributed by atoms with E-state index in [1.807, 2.05) is 13.8 Å². The molecule has 172 valence electrons. The topological polar surface area (TPSA) is 137 Å². The van der Waals surface area contributed by atoms with E-state index in [9.17, 15) is 30.0 Å².